The summed E-state index contributed by atoms with van der Waals surface area (Å²) < 4.78 is 42.6. The molecule has 1 aromatic heterocycles. The van der Waals surface area contributed by atoms with Crippen LogP contribution in [-0.4, -0.2) is 41.6 Å². The van der Waals surface area contributed by atoms with Crippen LogP contribution in [0.1, 0.15) is 38.2 Å². The summed E-state index contributed by atoms with van der Waals surface area (Å²) in [4.78, 5) is 27.7. The molecule has 1 amide bonds. The van der Waals surface area contributed by atoms with Gasteiger partial charge in [0.2, 0.25) is 0 Å². The van der Waals surface area contributed by atoms with Gasteiger partial charge < -0.3 is 14.8 Å². The summed E-state index contributed by atoms with van der Waals surface area (Å²) in [7, 11) is 0. The number of nitrogens with zero attached hydrogens (tertiary/aromatic N) is 3. The van der Waals surface area contributed by atoms with Crippen LogP contribution in [0, 0.1) is 25.2 Å². The number of pyridine rings is 1. The third-order valence-corrected chi connectivity index (χ3v) is 6.38. The molecule has 9 heteroatoms. The lowest BCUT2D eigenvalue weighted by molar-refractivity contribution is -0.137. The molecule has 0 spiro atoms. The van der Waals surface area contributed by atoms with Crippen molar-refractivity contribution in [2.45, 2.75) is 26.6 Å². The minimum Gasteiger partial charge on any atom is -0.336 e. The van der Waals surface area contributed by atoms with Crippen LogP contribution in [0.25, 0.3) is 11.3 Å². The number of nitrogens with one attached hydrogen (secondary N) is 1. The smallest absolute Gasteiger partial charge is 0.336 e. The van der Waals surface area contributed by atoms with Crippen molar-refractivity contribution in [1.82, 2.24) is 14.8 Å². The van der Waals surface area contributed by atoms with E-state index >= 15 is 0 Å². The molecule has 0 aliphatic carbocycles. The Bertz CT molecular complexity index is 1400. The molecule has 2 heterocycles. The number of benzene rings is 2. The van der Waals surface area contributed by atoms with Crippen molar-refractivity contribution >= 4 is 5.91 Å². The highest BCUT2D eigenvalue weighted by Crippen LogP contribution is 2.34. The summed E-state index contributed by atoms with van der Waals surface area (Å²) in [5, 5.41) is 12.6. The molecule has 0 unspecified atom stereocenters. The van der Waals surface area contributed by atoms with Gasteiger partial charge in [0.1, 0.15) is 11.6 Å². The monoisotopic (exact) mass is 494 g/mol. The van der Waals surface area contributed by atoms with Gasteiger partial charge in [0.05, 0.1) is 17.8 Å². The fourth-order valence-electron chi connectivity index (χ4n) is 4.40. The Morgan fingerprint density at radius 1 is 1.06 bits per heavy atom. The zero-order chi connectivity index (χ0) is 26.0. The molecule has 0 saturated carbocycles. The van der Waals surface area contributed by atoms with Gasteiger partial charge >= 0.3 is 6.18 Å². The van der Waals surface area contributed by atoms with E-state index in [9.17, 15) is 28.0 Å². The first-order valence-corrected chi connectivity index (χ1v) is 11.5. The average molecular weight is 495 g/mol. The molecule has 1 aliphatic heterocycles. The van der Waals surface area contributed by atoms with Gasteiger partial charge in [-0.1, -0.05) is 35.9 Å². The van der Waals surface area contributed by atoms with E-state index in [4.69, 9.17) is 0 Å². The third kappa shape index (κ3) is 5.04. The largest absolute Gasteiger partial charge is 0.417 e. The van der Waals surface area contributed by atoms with E-state index in [1.165, 1.54) is 22.8 Å². The van der Waals surface area contributed by atoms with E-state index in [0.29, 0.717) is 37.3 Å². The number of aromatic nitrogens is 1. The third-order valence-electron chi connectivity index (χ3n) is 6.38. The predicted molar refractivity (Wildman–Crippen MR) is 130 cm³/mol. The Labute approximate surface area is 206 Å². The Balaban J connectivity index is 1.83. The highest BCUT2D eigenvalue weighted by atomic mass is 19.4. The average Bonchev–Trinajstić information content (AvgIpc) is 2.86. The number of alkyl halides is 3. The first-order chi connectivity index (χ1) is 17.1. The SMILES string of the molecule is Cc1ccc(Cn2c(-c3ccc(C(=O)N4CCNCC4)cc3)cc(C(F)(F)F)c(C#N)c2=O)c(C)c1. The highest BCUT2D eigenvalue weighted by Gasteiger charge is 2.36. The molecule has 0 radical (unpaired) electrons. The maximum Gasteiger partial charge on any atom is 0.417 e. The molecule has 2 aromatic carbocycles. The molecule has 6 nitrogen and oxygen atoms in total. The molecule has 1 aliphatic rings. The van der Waals surface area contributed by atoms with E-state index in [-0.39, 0.29) is 18.1 Å². The molecular formula is C27H25F3N4O2. The number of rotatable bonds is 4. The van der Waals surface area contributed by atoms with E-state index in [2.05, 4.69) is 5.32 Å². The Kier molecular flexibility index (Phi) is 7.00. The molecule has 36 heavy (non-hydrogen) atoms. The van der Waals surface area contributed by atoms with Gasteiger partial charge in [0, 0.05) is 31.7 Å². The second-order valence-electron chi connectivity index (χ2n) is 8.87. The number of carbonyl (C=O) groups excluding carboxylic acids is 1. The maximum atomic E-state index is 13.8. The van der Waals surface area contributed by atoms with E-state index in [0.717, 1.165) is 22.8 Å². The molecule has 0 bridgehead atoms. The lowest BCUT2D eigenvalue weighted by Crippen LogP contribution is -2.46. The second kappa shape index (κ2) is 9.99. The summed E-state index contributed by atoms with van der Waals surface area (Å²) in [5.41, 5.74) is 0.178. The summed E-state index contributed by atoms with van der Waals surface area (Å²) in [6, 6.07) is 14.1. The first kappa shape index (κ1) is 25.2. The Hall–Kier alpha value is -3.90. The highest BCUT2D eigenvalue weighted by molar-refractivity contribution is 5.94. The summed E-state index contributed by atoms with van der Waals surface area (Å²) >= 11 is 0. The van der Waals surface area contributed by atoms with Crippen molar-refractivity contribution in [2.75, 3.05) is 26.2 Å². The van der Waals surface area contributed by atoms with Crippen molar-refractivity contribution in [3.63, 3.8) is 0 Å². The van der Waals surface area contributed by atoms with Crippen LogP contribution in [0.15, 0.2) is 53.3 Å². The van der Waals surface area contributed by atoms with Gasteiger partial charge in [-0.15, -0.1) is 0 Å². The van der Waals surface area contributed by atoms with Gasteiger partial charge in [-0.3, -0.25) is 9.59 Å². The van der Waals surface area contributed by atoms with Gasteiger partial charge in [0.15, 0.2) is 0 Å². The van der Waals surface area contributed by atoms with Crippen LogP contribution in [-0.2, 0) is 12.7 Å². The Morgan fingerprint density at radius 3 is 2.31 bits per heavy atom. The summed E-state index contributed by atoms with van der Waals surface area (Å²) in [5.74, 6) is -0.161. The molecule has 186 valence electrons. The minimum absolute atomic E-state index is 0.00540. The minimum atomic E-state index is -4.88. The number of aryl methyl sites for hydroxylation is 2. The zero-order valence-corrected chi connectivity index (χ0v) is 19.9. The summed E-state index contributed by atoms with van der Waals surface area (Å²) in [6.07, 6.45) is -4.88. The quantitative estimate of drug-likeness (QED) is 0.592. The van der Waals surface area contributed by atoms with E-state index in [1.807, 2.05) is 32.0 Å². The van der Waals surface area contributed by atoms with Crippen molar-refractivity contribution in [2.24, 2.45) is 0 Å². The fourth-order valence-corrected chi connectivity index (χ4v) is 4.40. The van der Waals surface area contributed by atoms with E-state index < -0.39 is 22.9 Å². The van der Waals surface area contributed by atoms with Crippen molar-refractivity contribution < 1.29 is 18.0 Å². The molecule has 4 rings (SSSR count). The van der Waals surface area contributed by atoms with Gasteiger partial charge in [-0.25, -0.2) is 0 Å². The fraction of sp³-hybridized carbons (Fsp3) is 0.296. The number of carbonyl (C=O) groups is 1. The van der Waals surface area contributed by atoms with Crippen molar-refractivity contribution in [1.29, 1.82) is 5.26 Å². The van der Waals surface area contributed by atoms with E-state index in [1.54, 1.807) is 17.0 Å². The molecule has 3 aromatic rings. The molecular weight excluding hydrogens is 469 g/mol. The molecule has 1 fully saturated rings. The topological polar surface area (TPSA) is 78.1 Å². The number of amides is 1. The van der Waals surface area contributed by atoms with Crippen LogP contribution >= 0.6 is 0 Å². The molecule has 1 N–H and O–H groups in total. The van der Waals surface area contributed by atoms with Crippen molar-refractivity contribution in [3.8, 4) is 17.3 Å². The number of hydrogen-bond acceptors (Lipinski definition) is 4. The lowest BCUT2D eigenvalue weighted by atomic mass is 10.0. The van der Waals surface area contributed by atoms with Crippen LogP contribution in [0.5, 0.6) is 0 Å². The first-order valence-electron chi connectivity index (χ1n) is 11.5. The standard InChI is InChI=1S/C27H25F3N4O2/c1-17-3-4-21(18(2)13-17)16-34-24(14-23(27(28,29)30)22(15-31)26(34)36)19-5-7-20(8-6-19)25(35)33-11-9-32-10-12-33/h3-8,13-14,32H,9-12,16H2,1-2H3. The summed E-state index contributed by atoms with van der Waals surface area (Å²) in [6.45, 7) is 6.30. The van der Waals surface area contributed by atoms with Gasteiger partial charge in [0.25, 0.3) is 11.5 Å². The van der Waals surface area contributed by atoms with Crippen LogP contribution < -0.4 is 10.9 Å². The van der Waals surface area contributed by atoms with Crippen LogP contribution in [0.3, 0.4) is 0 Å². The second-order valence-corrected chi connectivity index (χ2v) is 8.87. The Morgan fingerprint density at radius 2 is 1.72 bits per heavy atom. The maximum absolute atomic E-state index is 13.8. The predicted octanol–water partition coefficient (Wildman–Crippen LogP) is 4.12. The lowest BCUT2D eigenvalue weighted by Gasteiger charge is -2.27. The number of nitriles is 1. The number of hydrogen-bond donors (Lipinski definition) is 1. The zero-order valence-electron chi connectivity index (χ0n) is 19.9. The number of piperazine rings is 1. The van der Waals surface area contributed by atoms with Gasteiger partial charge in [-0.2, -0.15) is 18.4 Å². The molecule has 1 saturated heterocycles. The normalized spacial score (nSPS) is 13.9. The van der Waals surface area contributed by atoms with Crippen LogP contribution in [0.4, 0.5) is 13.2 Å². The van der Waals surface area contributed by atoms with Crippen LogP contribution in [0.2, 0.25) is 0 Å². The van der Waals surface area contributed by atoms with Gasteiger partial charge in [-0.05, 0) is 48.7 Å². The molecule has 0 atom stereocenters. The van der Waals surface area contributed by atoms with Crippen molar-refractivity contribution in [3.05, 3.63) is 92.3 Å². The number of halogens is 3.